The van der Waals surface area contributed by atoms with Gasteiger partial charge in [0.25, 0.3) is 0 Å². The van der Waals surface area contributed by atoms with Crippen LogP contribution in [0.1, 0.15) is 39.5 Å². The van der Waals surface area contributed by atoms with Gasteiger partial charge < -0.3 is 5.32 Å². The molecule has 0 rings (SSSR count). The second-order valence-corrected chi connectivity index (χ2v) is 3.20. The SMILES string of the molecule is C#CCNC(=O)C(CCC)CCC. The average molecular weight is 181 g/mol. The summed E-state index contributed by atoms with van der Waals surface area (Å²) in [6, 6.07) is 0. The minimum Gasteiger partial charge on any atom is -0.345 e. The third-order valence-corrected chi connectivity index (χ3v) is 2.01. The predicted octanol–water partition coefficient (Wildman–Crippen LogP) is 1.95. The Balaban J connectivity index is 3.88. The zero-order valence-electron chi connectivity index (χ0n) is 8.60. The van der Waals surface area contributed by atoms with Gasteiger partial charge in [-0.2, -0.15) is 0 Å². The summed E-state index contributed by atoms with van der Waals surface area (Å²) in [7, 11) is 0. The van der Waals surface area contributed by atoms with Gasteiger partial charge in [0.05, 0.1) is 6.54 Å². The Morgan fingerprint density at radius 3 is 2.31 bits per heavy atom. The zero-order chi connectivity index (χ0) is 10.1. The van der Waals surface area contributed by atoms with E-state index in [0.29, 0.717) is 6.54 Å². The van der Waals surface area contributed by atoms with Gasteiger partial charge in [-0.05, 0) is 12.8 Å². The smallest absolute Gasteiger partial charge is 0.223 e. The Morgan fingerprint density at radius 1 is 1.38 bits per heavy atom. The van der Waals surface area contributed by atoms with Crippen molar-refractivity contribution in [2.75, 3.05) is 6.54 Å². The fourth-order valence-electron chi connectivity index (χ4n) is 1.39. The van der Waals surface area contributed by atoms with Crippen LogP contribution >= 0.6 is 0 Å². The second kappa shape index (κ2) is 7.67. The summed E-state index contributed by atoms with van der Waals surface area (Å²) < 4.78 is 0. The van der Waals surface area contributed by atoms with Crippen LogP contribution in [0.15, 0.2) is 0 Å². The summed E-state index contributed by atoms with van der Waals surface area (Å²) in [5, 5.41) is 2.73. The standard InChI is InChI=1S/C11H19NO/c1-4-7-10(8-5-2)11(13)12-9-6-3/h3,10H,4-5,7-9H2,1-2H3,(H,12,13). The molecule has 0 spiro atoms. The summed E-state index contributed by atoms with van der Waals surface area (Å²) in [4.78, 5) is 11.5. The van der Waals surface area contributed by atoms with Crippen LogP contribution < -0.4 is 5.32 Å². The number of carbonyl (C=O) groups excluding carboxylic acids is 1. The maximum atomic E-state index is 11.5. The van der Waals surface area contributed by atoms with Gasteiger partial charge in [0, 0.05) is 5.92 Å². The number of amides is 1. The van der Waals surface area contributed by atoms with E-state index in [1.807, 2.05) is 0 Å². The van der Waals surface area contributed by atoms with Crippen LogP contribution in [0.4, 0.5) is 0 Å². The molecule has 74 valence electrons. The van der Waals surface area contributed by atoms with E-state index in [1.54, 1.807) is 0 Å². The van der Waals surface area contributed by atoms with Crippen LogP contribution in [0.25, 0.3) is 0 Å². The largest absolute Gasteiger partial charge is 0.345 e. The van der Waals surface area contributed by atoms with Gasteiger partial charge in [0.1, 0.15) is 0 Å². The first-order valence-electron chi connectivity index (χ1n) is 4.97. The lowest BCUT2D eigenvalue weighted by Gasteiger charge is -2.13. The quantitative estimate of drug-likeness (QED) is 0.623. The molecular formula is C11H19NO. The molecule has 1 amide bonds. The van der Waals surface area contributed by atoms with E-state index in [9.17, 15) is 4.79 Å². The van der Waals surface area contributed by atoms with E-state index in [0.717, 1.165) is 25.7 Å². The Morgan fingerprint density at radius 2 is 1.92 bits per heavy atom. The fourth-order valence-corrected chi connectivity index (χ4v) is 1.39. The summed E-state index contributed by atoms with van der Waals surface area (Å²) >= 11 is 0. The third kappa shape index (κ3) is 5.30. The molecular weight excluding hydrogens is 162 g/mol. The second-order valence-electron chi connectivity index (χ2n) is 3.20. The van der Waals surface area contributed by atoms with E-state index in [4.69, 9.17) is 6.42 Å². The van der Waals surface area contributed by atoms with E-state index < -0.39 is 0 Å². The number of rotatable bonds is 6. The molecule has 0 heterocycles. The van der Waals surface area contributed by atoms with E-state index in [1.165, 1.54) is 0 Å². The highest BCUT2D eigenvalue weighted by molar-refractivity contribution is 5.78. The maximum absolute atomic E-state index is 11.5. The molecule has 2 nitrogen and oxygen atoms in total. The summed E-state index contributed by atoms with van der Waals surface area (Å²) in [6.07, 6.45) is 9.08. The van der Waals surface area contributed by atoms with Crippen molar-refractivity contribution in [3.05, 3.63) is 0 Å². The molecule has 0 unspecified atom stereocenters. The molecule has 2 heteroatoms. The molecule has 0 radical (unpaired) electrons. The number of hydrogen-bond acceptors (Lipinski definition) is 1. The van der Waals surface area contributed by atoms with Gasteiger partial charge in [-0.3, -0.25) is 4.79 Å². The number of nitrogens with one attached hydrogen (secondary N) is 1. The van der Waals surface area contributed by atoms with Crippen LogP contribution in [0.3, 0.4) is 0 Å². The fraction of sp³-hybridized carbons (Fsp3) is 0.727. The molecule has 0 fully saturated rings. The highest BCUT2D eigenvalue weighted by Crippen LogP contribution is 2.13. The first-order chi connectivity index (χ1) is 6.26. The van der Waals surface area contributed by atoms with Crippen molar-refractivity contribution >= 4 is 5.91 Å². The minimum atomic E-state index is 0.113. The Bertz CT molecular complexity index is 175. The van der Waals surface area contributed by atoms with Crippen LogP contribution in [0.2, 0.25) is 0 Å². The predicted molar refractivity (Wildman–Crippen MR) is 55.1 cm³/mol. The van der Waals surface area contributed by atoms with Crippen molar-refractivity contribution in [1.82, 2.24) is 5.32 Å². The highest BCUT2D eigenvalue weighted by Gasteiger charge is 2.14. The van der Waals surface area contributed by atoms with Crippen molar-refractivity contribution in [3.8, 4) is 12.3 Å². The molecule has 13 heavy (non-hydrogen) atoms. The van der Waals surface area contributed by atoms with Crippen LogP contribution in [0.5, 0.6) is 0 Å². The summed E-state index contributed by atoms with van der Waals surface area (Å²) in [5.74, 6) is 2.67. The minimum absolute atomic E-state index is 0.113. The number of hydrogen-bond donors (Lipinski definition) is 1. The molecule has 0 aromatic rings. The molecule has 0 aromatic carbocycles. The van der Waals surface area contributed by atoms with Gasteiger partial charge in [0.15, 0.2) is 0 Å². The van der Waals surface area contributed by atoms with Gasteiger partial charge in [-0.15, -0.1) is 6.42 Å². The van der Waals surface area contributed by atoms with Gasteiger partial charge in [-0.1, -0.05) is 32.6 Å². The van der Waals surface area contributed by atoms with Crippen molar-refractivity contribution in [3.63, 3.8) is 0 Å². The van der Waals surface area contributed by atoms with Crippen molar-refractivity contribution in [2.45, 2.75) is 39.5 Å². The normalized spacial score (nSPS) is 9.69. The molecule has 0 saturated carbocycles. The van der Waals surface area contributed by atoms with E-state index in [2.05, 4.69) is 25.1 Å². The lowest BCUT2D eigenvalue weighted by atomic mass is 9.97. The lowest BCUT2D eigenvalue weighted by Crippen LogP contribution is -2.30. The number of carbonyl (C=O) groups is 1. The maximum Gasteiger partial charge on any atom is 0.223 e. The molecule has 1 N–H and O–H groups in total. The van der Waals surface area contributed by atoms with Crippen LogP contribution in [-0.2, 0) is 4.79 Å². The van der Waals surface area contributed by atoms with Gasteiger partial charge >= 0.3 is 0 Å². The Labute approximate surface area is 81.1 Å². The van der Waals surface area contributed by atoms with Crippen molar-refractivity contribution < 1.29 is 4.79 Å². The molecule has 0 aliphatic carbocycles. The Hall–Kier alpha value is -0.970. The molecule has 0 atom stereocenters. The monoisotopic (exact) mass is 181 g/mol. The van der Waals surface area contributed by atoms with E-state index >= 15 is 0 Å². The summed E-state index contributed by atoms with van der Waals surface area (Å²) in [5.41, 5.74) is 0. The van der Waals surface area contributed by atoms with Crippen LogP contribution in [0, 0.1) is 18.3 Å². The highest BCUT2D eigenvalue weighted by atomic mass is 16.1. The first kappa shape index (κ1) is 12.0. The van der Waals surface area contributed by atoms with E-state index in [-0.39, 0.29) is 11.8 Å². The zero-order valence-corrected chi connectivity index (χ0v) is 8.60. The van der Waals surface area contributed by atoms with Gasteiger partial charge in [0.2, 0.25) is 5.91 Å². The molecule has 0 bridgehead atoms. The first-order valence-corrected chi connectivity index (χ1v) is 4.97. The molecule has 0 aliphatic heterocycles. The lowest BCUT2D eigenvalue weighted by molar-refractivity contribution is -0.125. The van der Waals surface area contributed by atoms with Crippen molar-refractivity contribution in [1.29, 1.82) is 0 Å². The van der Waals surface area contributed by atoms with Crippen molar-refractivity contribution in [2.24, 2.45) is 5.92 Å². The molecule has 0 aromatic heterocycles. The molecule has 0 aliphatic rings. The number of terminal acetylenes is 1. The average Bonchev–Trinajstić information content (AvgIpc) is 2.14. The topological polar surface area (TPSA) is 29.1 Å². The summed E-state index contributed by atoms with van der Waals surface area (Å²) in [6.45, 7) is 4.54. The third-order valence-electron chi connectivity index (χ3n) is 2.01. The van der Waals surface area contributed by atoms with Crippen LogP contribution in [-0.4, -0.2) is 12.5 Å². The molecule has 0 saturated heterocycles. The van der Waals surface area contributed by atoms with Gasteiger partial charge in [-0.25, -0.2) is 0 Å². The Kier molecular flexibility index (Phi) is 7.10.